The molecule has 1 rings (SSSR count). The first kappa shape index (κ1) is 16.1. The van der Waals surface area contributed by atoms with E-state index < -0.39 is 10.0 Å². The van der Waals surface area contributed by atoms with Crippen molar-refractivity contribution in [1.29, 1.82) is 0 Å². The molecule has 0 saturated carbocycles. The van der Waals surface area contributed by atoms with Gasteiger partial charge in [0.1, 0.15) is 0 Å². The molecule has 19 heavy (non-hydrogen) atoms. The highest BCUT2D eigenvalue weighted by Crippen LogP contribution is 2.13. The molecule has 0 atom stereocenters. The number of unbranched alkanes of at least 4 members (excludes halogenated alkanes) is 1. The van der Waals surface area contributed by atoms with Crippen molar-refractivity contribution in [3.8, 4) is 0 Å². The van der Waals surface area contributed by atoms with Crippen LogP contribution in [0.15, 0.2) is 29.2 Å². The highest BCUT2D eigenvalue weighted by atomic mass is 32.2. The molecule has 0 fully saturated rings. The van der Waals surface area contributed by atoms with Crippen molar-refractivity contribution in [2.24, 2.45) is 0 Å². The lowest BCUT2D eigenvalue weighted by Gasteiger charge is -2.10. The van der Waals surface area contributed by atoms with Gasteiger partial charge in [0, 0.05) is 13.2 Å². The Balaban J connectivity index is 2.38. The fourth-order valence-corrected chi connectivity index (χ4v) is 3.01. The largest absolute Gasteiger partial charge is 0.379 e. The number of sulfonamides is 1. The third-order valence-corrected chi connectivity index (χ3v) is 4.32. The molecular formula is C14H23NO3S. The maximum atomic E-state index is 12.1. The Morgan fingerprint density at radius 2 is 1.89 bits per heavy atom. The van der Waals surface area contributed by atoms with Crippen molar-refractivity contribution in [2.75, 3.05) is 13.2 Å². The van der Waals surface area contributed by atoms with Crippen LogP contribution in [0, 0.1) is 6.92 Å². The molecule has 1 aromatic rings. The van der Waals surface area contributed by atoms with Crippen LogP contribution >= 0.6 is 0 Å². The first-order valence-corrected chi connectivity index (χ1v) is 8.08. The van der Waals surface area contributed by atoms with Gasteiger partial charge in [-0.2, -0.15) is 0 Å². The molecule has 0 aromatic heterocycles. The van der Waals surface area contributed by atoms with Gasteiger partial charge in [0.05, 0.1) is 11.0 Å². The number of benzene rings is 1. The number of rotatable bonds is 8. The van der Waals surface area contributed by atoms with E-state index in [2.05, 4.69) is 4.72 Å². The van der Waals surface area contributed by atoms with Crippen molar-refractivity contribution in [3.63, 3.8) is 0 Å². The van der Waals surface area contributed by atoms with Crippen LogP contribution in [0.4, 0.5) is 0 Å². The lowest BCUT2D eigenvalue weighted by molar-refractivity contribution is 0.0762. The molecule has 0 bridgehead atoms. The number of hydrogen-bond acceptors (Lipinski definition) is 3. The average Bonchev–Trinajstić information content (AvgIpc) is 2.33. The van der Waals surface area contributed by atoms with Crippen molar-refractivity contribution < 1.29 is 13.2 Å². The number of aryl methyl sites for hydroxylation is 1. The summed E-state index contributed by atoms with van der Waals surface area (Å²) in [5.41, 5.74) is 0.762. The second kappa shape index (κ2) is 7.62. The molecule has 0 spiro atoms. The lowest BCUT2D eigenvalue weighted by Crippen LogP contribution is -2.25. The first-order valence-electron chi connectivity index (χ1n) is 6.60. The number of nitrogens with one attached hydrogen (secondary N) is 1. The summed E-state index contributed by atoms with van der Waals surface area (Å²) >= 11 is 0. The van der Waals surface area contributed by atoms with Gasteiger partial charge in [-0.15, -0.1) is 0 Å². The minimum atomic E-state index is -3.39. The Morgan fingerprint density at radius 3 is 2.53 bits per heavy atom. The summed E-state index contributed by atoms with van der Waals surface area (Å²) in [6.07, 6.45) is 1.86. The van der Waals surface area contributed by atoms with Gasteiger partial charge in [-0.1, -0.05) is 18.2 Å². The second-order valence-corrected chi connectivity index (χ2v) is 6.53. The molecule has 0 radical (unpaired) electrons. The van der Waals surface area contributed by atoms with E-state index in [1.807, 2.05) is 19.9 Å². The van der Waals surface area contributed by atoms with Gasteiger partial charge >= 0.3 is 0 Å². The molecule has 0 aliphatic rings. The van der Waals surface area contributed by atoms with Crippen molar-refractivity contribution in [2.45, 2.75) is 44.6 Å². The van der Waals surface area contributed by atoms with Crippen LogP contribution in [-0.4, -0.2) is 27.7 Å². The van der Waals surface area contributed by atoms with Gasteiger partial charge in [-0.25, -0.2) is 13.1 Å². The summed E-state index contributed by atoms with van der Waals surface area (Å²) in [7, 11) is -3.39. The molecule has 0 saturated heterocycles. The Hall–Kier alpha value is -0.910. The van der Waals surface area contributed by atoms with Crippen LogP contribution in [0.25, 0.3) is 0 Å². The number of hydrogen-bond donors (Lipinski definition) is 1. The summed E-state index contributed by atoms with van der Waals surface area (Å²) in [4.78, 5) is 0.355. The van der Waals surface area contributed by atoms with Gasteiger partial charge in [0.25, 0.3) is 0 Å². The van der Waals surface area contributed by atoms with Crippen molar-refractivity contribution in [1.82, 2.24) is 4.72 Å². The molecule has 0 unspecified atom stereocenters. The quantitative estimate of drug-likeness (QED) is 0.747. The topological polar surface area (TPSA) is 55.4 Å². The van der Waals surface area contributed by atoms with Crippen LogP contribution in [0.2, 0.25) is 0 Å². The van der Waals surface area contributed by atoms with E-state index in [0.29, 0.717) is 18.0 Å². The Morgan fingerprint density at radius 1 is 1.21 bits per heavy atom. The molecule has 0 aliphatic carbocycles. The predicted molar refractivity (Wildman–Crippen MR) is 76.7 cm³/mol. The monoisotopic (exact) mass is 285 g/mol. The van der Waals surface area contributed by atoms with E-state index in [0.717, 1.165) is 18.4 Å². The minimum absolute atomic E-state index is 0.226. The maximum absolute atomic E-state index is 12.1. The highest BCUT2D eigenvalue weighted by molar-refractivity contribution is 7.89. The summed E-state index contributed by atoms with van der Waals surface area (Å²) in [6.45, 7) is 6.88. The fraction of sp³-hybridized carbons (Fsp3) is 0.571. The van der Waals surface area contributed by atoms with Crippen LogP contribution in [0.3, 0.4) is 0 Å². The van der Waals surface area contributed by atoms with Gasteiger partial charge in [0.2, 0.25) is 10.0 Å². The lowest BCUT2D eigenvalue weighted by atomic mass is 10.2. The zero-order chi connectivity index (χ0) is 14.3. The molecule has 4 nitrogen and oxygen atoms in total. The smallest absolute Gasteiger partial charge is 0.240 e. The molecule has 1 N–H and O–H groups in total. The molecule has 0 heterocycles. The van der Waals surface area contributed by atoms with E-state index in [-0.39, 0.29) is 6.10 Å². The fourth-order valence-electron chi connectivity index (χ4n) is 1.69. The van der Waals surface area contributed by atoms with Gasteiger partial charge in [-0.3, -0.25) is 0 Å². The standard InChI is InChI=1S/C14H23NO3S/c1-12(2)18-11-7-6-10-15-19(16,17)14-9-5-4-8-13(14)3/h4-5,8-9,12,15H,6-7,10-11H2,1-3H3. The first-order chi connectivity index (χ1) is 8.93. The van der Waals surface area contributed by atoms with Crippen LogP contribution < -0.4 is 4.72 Å². The zero-order valence-corrected chi connectivity index (χ0v) is 12.7. The van der Waals surface area contributed by atoms with E-state index in [4.69, 9.17) is 4.74 Å². The Bertz CT molecular complexity index is 483. The van der Waals surface area contributed by atoms with Gasteiger partial charge < -0.3 is 4.74 Å². The van der Waals surface area contributed by atoms with E-state index >= 15 is 0 Å². The molecule has 108 valence electrons. The SMILES string of the molecule is Cc1ccccc1S(=O)(=O)NCCCCOC(C)C. The van der Waals surface area contributed by atoms with Crippen molar-refractivity contribution >= 4 is 10.0 Å². The third-order valence-electron chi connectivity index (χ3n) is 2.70. The molecule has 0 aliphatic heterocycles. The predicted octanol–water partition coefficient (Wildman–Crippen LogP) is 2.48. The third kappa shape index (κ3) is 5.72. The van der Waals surface area contributed by atoms with Crippen molar-refractivity contribution in [3.05, 3.63) is 29.8 Å². The maximum Gasteiger partial charge on any atom is 0.240 e. The van der Waals surface area contributed by atoms with E-state index in [1.165, 1.54) is 0 Å². The highest BCUT2D eigenvalue weighted by Gasteiger charge is 2.14. The minimum Gasteiger partial charge on any atom is -0.379 e. The van der Waals surface area contributed by atoms with E-state index in [9.17, 15) is 8.42 Å². The molecule has 0 amide bonds. The Kier molecular flexibility index (Phi) is 6.48. The van der Waals surface area contributed by atoms with Crippen LogP contribution in [0.5, 0.6) is 0 Å². The second-order valence-electron chi connectivity index (χ2n) is 4.79. The summed E-state index contributed by atoms with van der Waals surface area (Å²) in [5, 5.41) is 0. The molecule has 5 heteroatoms. The normalized spacial score (nSPS) is 12.0. The van der Waals surface area contributed by atoms with E-state index in [1.54, 1.807) is 25.1 Å². The summed E-state index contributed by atoms with van der Waals surface area (Å²) in [5.74, 6) is 0. The molecule has 1 aromatic carbocycles. The van der Waals surface area contributed by atoms with Gasteiger partial charge in [-0.05, 0) is 45.2 Å². The zero-order valence-electron chi connectivity index (χ0n) is 11.8. The number of ether oxygens (including phenoxy) is 1. The summed E-state index contributed by atoms with van der Waals surface area (Å²) in [6, 6.07) is 6.99. The average molecular weight is 285 g/mol. The van der Waals surface area contributed by atoms with Crippen LogP contribution in [-0.2, 0) is 14.8 Å². The van der Waals surface area contributed by atoms with Gasteiger partial charge in [0.15, 0.2) is 0 Å². The van der Waals surface area contributed by atoms with Crippen LogP contribution in [0.1, 0.15) is 32.3 Å². The Labute approximate surface area is 116 Å². The summed E-state index contributed by atoms with van der Waals surface area (Å²) < 4.78 is 32.1. The molecular weight excluding hydrogens is 262 g/mol.